The second kappa shape index (κ2) is 5.23. The SMILES string of the molecule is CC1(C)CC(Nc2ccc(Cl)c(C#N)n2)CC(C)(C)N1. The minimum Gasteiger partial charge on any atom is -0.367 e. The average molecular weight is 293 g/mol. The van der Waals surface area contributed by atoms with Crippen molar-refractivity contribution in [3.05, 3.63) is 22.8 Å². The first-order chi connectivity index (χ1) is 9.21. The first kappa shape index (κ1) is 15.1. The zero-order chi connectivity index (χ0) is 15.0. The molecule has 1 aliphatic heterocycles. The van der Waals surface area contributed by atoms with E-state index in [0.29, 0.717) is 16.9 Å². The molecule has 0 spiro atoms. The largest absolute Gasteiger partial charge is 0.367 e. The molecule has 0 aromatic carbocycles. The quantitative estimate of drug-likeness (QED) is 0.878. The van der Waals surface area contributed by atoms with Gasteiger partial charge in [0.05, 0.1) is 5.02 Å². The summed E-state index contributed by atoms with van der Waals surface area (Å²) in [6.45, 7) is 8.83. The summed E-state index contributed by atoms with van der Waals surface area (Å²) in [6.07, 6.45) is 2.01. The minimum absolute atomic E-state index is 0.0733. The number of piperidine rings is 1. The standard InChI is InChI=1S/C15H21ClN4/c1-14(2)7-10(8-15(3,4)20-14)18-13-6-5-11(16)12(9-17)19-13/h5-6,10,20H,7-8H2,1-4H3,(H,18,19). The van der Waals surface area contributed by atoms with E-state index in [2.05, 4.69) is 43.3 Å². The third-order valence-electron chi connectivity index (χ3n) is 3.49. The summed E-state index contributed by atoms with van der Waals surface area (Å²) in [5.41, 5.74) is 0.414. The Balaban J connectivity index is 2.16. The summed E-state index contributed by atoms with van der Waals surface area (Å²) in [5, 5.41) is 16.5. The molecule has 1 aliphatic rings. The van der Waals surface area contributed by atoms with Gasteiger partial charge in [-0.05, 0) is 52.7 Å². The second-order valence-corrected chi connectivity index (χ2v) is 7.19. The van der Waals surface area contributed by atoms with Gasteiger partial charge in [0.15, 0.2) is 5.69 Å². The van der Waals surface area contributed by atoms with Crippen LogP contribution in [0.1, 0.15) is 46.2 Å². The molecule has 5 heteroatoms. The van der Waals surface area contributed by atoms with Gasteiger partial charge >= 0.3 is 0 Å². The van der Waals surface area contributed by atoms with Crippen molar-refractivity contribution < 1.29 is 0 Å². The summed E-state index contributed by atoms with van der Waals surface area (Å²) in [5.74, 6) is 0.712. The van der Waals surface area contributed by atoms with Crippen LogP contribution in [0.3, 0.4) is 0 Å². The zero-order valence-electron chi connectivity index (χ0n) is 12.4. The average Bonchev–Trinajstić information content (AvgIpc) is 2.27. The maximum atomic E-state index is 8.98. The number of nitrogens with zero attached hydrogens (tertiary/aromatic N) is 2. The molecule has 0 amide bonds. The van der Waals surface area contributed by atoms with Crippen LogP contribution in [0.15, 0.2) is 12.1 Å². The second-order valence-electron chi connectivity index (χ2n) is 6.78. The van der Waals surface area contributed by atoms with E-state index in [9.17, 15) is 0 Å². The molecule has 2 rings (SSSR count). The maximum Gasteiger partial charge on any atom is 0.161 e. The lowest BCUT2D eigenvalue weighted by Gasteiger charge is -2.46. The van der Waals surface area contributed by atoms with Gasteiger partial charge in [0.25, 0.3) is 0 Å². The van der Waals surface area contributed by atoms with Crippen molar-refractivity contribution in [3.63, 3.8) is 0 Å². The number of hydrogen-bond acceptors (Lipinski definition) is 4. The molecule has 0 saturated carbocycles. The summed E-state index contributed by atoms with van der Waals surface area (Å²) in [4.78, 5) is 4.26. The highest BCUT2D eigenvalue weighted by molar-refractivity contribution is 6.31. The minimum atomic E-state index is 0.0733. The van der Waals surface area contributed by atoms with Gasteiger partial charge < -0.3 is 10.6 Å². The molecule has 0 bridgehead atoms. The topological polar surface area (TPSA) is 60.7 Å². The predicted octanol–water partition coefficient (Wildman–Crippen LogP) is 3.33. The van der Waals surface area contributed by atoms with Crippen molar-refractivity contribution in [2.75, 3.05) is 5.32 Å². The van der Waals surface area contributed by atoms with Crippen LogP contribution in [0.5, 0.6) is 0 Å². The summed E-state index contributed by atoms with van der Waals surface area (Å²) in [7, 11) is 0. The van der Waals surface area contributed by atoms with E-state index in [4.69, 9.17) is 16.9 Å². The normalized spacial score (nSPS) is 21.2. The van der Waals surface area contributed by atoms with E-state index in [0.717, 1.165) is 12.8 Å². The third-order valence-corrected chi connectivity index (χ3v) is 3.80. The molecule has 1 saturated heterocycles. The van der Waals surface area contributed by atoms with Crippen LogP contribution in [-0.4, -0.2) is 22.1 Å². The molecule has 108 valence electrons. The smallest absolute Gasteiger partial charge is 0.161 e. The Morgan fingerprint density at radius 2 is 1.90 bits per heavy atom. The lowest BCUT2D eigenvalue weighted by atomic mass is 9.79. The van der Waals surface area contributed by atoms with Gasteiger partial charge in [0.1, 0.15) is 11.9 Å². The fraction of sp³-hybridized carbons (Fsp3) is 0.600. The van der Waals surface area contributed by atoms with Crippen LogP contribution in [0.4, 0.5) is 5.82 Å². The van der Waals surface area contributed by atoms with Crippen molar-refractivity contribution in [2.45, 2.75) is 57.7 Å². The van der Waals surface area contributed by atoms with Gasteiger partial charge in [0.2, 0.25) is 0 Å². The highest BCUT2D eigenvalue weighted by atomic mass is 35.5. The predicted molar refractivity (Wildman–Crippen MR) is 81.9 cm³/mol. The molecule has 20 heavy (non-hydrogen) atoms. The Bertz CT molecular complexity index is 529. The molecular weight excluding hydrogens is 272 g/mol. The van der Waals surface area contributed by atoms with Gasteiger partial charge in [-0.2, -0.15) is 5.26 Å². The van der Waals surface area contributed by atoms with Crippen molar-refractivity contribution in [3.8, 4) is 6.07 Å². The molecule has 1 aromatic heterocycles. The molecule has 2 N–H and O–H groups in total. The van der Waals surface area contributed by atoms with Crippen molar-refractivity contribution >= 4 is 17.4 Å². The Labute approximate surface area is 125 Å². The number of nitrogens with one attached hydrogen (secondary N) is 2. The fourth-order valence-electron chi connectivity index (χ4n) is 3.23. The van der Waals surface area contributed by atoms with Crippen LogP contribution in [0.25, 0.3) is 0 Å². The highest BCUT2D eigenvalue weighted by Gasteiger charge is 2.37. The number of rotatable bonds is 2. The molecule has 4 nitrogen and oxygen atoms in total. The van der Waals surface area contributed by atoms with Crippen LogP contribution in [0.2, 0.25) is 5.02 Å². The van der Waals surface area contributed by atoms with Gasteiger partial charge in [0, 0.05) is 17.1 Å². The molecule has 0 radical (unpaired) electrons. The van der Waals surface area contributed by atoms with Crippen LogP contribution >= 0.6 is 11.6 Å². The maximum absolute atomic E-state index is 8.98. The summed E-state index contributed by atoms with van der Waals surface area (Å²) >= 11 is 5.91. The van der Waals surface area contributed by atoms with E-state index < -0.39 is 0 Å². The molecule has 0 atom stereocenters. The Morgan fingerprint density at radius 1 is 1.30 bits per heavy atom. The van der Waals surface area contributed by atoms with Gasteiger partial charge in [-0.3, -0.25) is 0 Å². The molecule has 0 aliphatic carbocycles. The first-order valence-electron chi connectivity index (χ1n) is 6.83. The molecule has 0 unspecified atom stereocenters. The van der Waals surface area contributed by atoms with E-state index >= 15 is 0 Å². The number of aromatic nitrogens is 1. The zero-order valence-corrected chi connectivity index (χ0v) is 13.2. The van der Waals surface area contributed by atoms with Crippen molar-refractivity contribution in [1.82, 2.24) is 10.3 Å². The third kappa shape index (κ3) is 3.62. The number of anilines is 1. The lowest BCUT2D eigenvalue weighted by molar-refractivity contribution is 0.170. The van der Waals surface area contributed by atoms with Gasteiger partial charge in [-0.25, -0.2) is 4.98 Å². The van der Waals surface area contributed by atoms with Crippen LogP contribution in [-0.2, 0) is 0 Å². The van der Waals surface area contributed by atoms with E-state index in [-0.39, 0.29) is 16.8 Å². The number of nitriles is 1. The number of pyridine rings is 1. The molecular formula is C15H21ClN4. The van der Waals surface area contributed by atoms with Gasteiger partial charge in [-0.15, -0.1) is 0 Å². The van der Waals surface area contributed by atoms with E-state index in [1.54, 1.807) is 6.07 Å². The van der Waals surface area contributed by atoms with Crippen molar-refractivity contribution in [2.24, 2.45) is 0 Å². The number of hydrogen-bond donors (Lipinski definition) is 2. The van der Waals surface area contributed by atoms with Crippen molar-refractivity contribution in [1.29, 1.82) is 5.26 Å². The summed E-state index contributed by atoms with van der Waals surface area (Å²) in [6, 6.07) is 5.87. The van der Waals surface area contributed by atoms with Crippen LogP contribution < -0.4 is 10.6 Å². The summed E-state index contributed by atoms with van der Waals surface area (Å²) < 4.78 is 0. The lowest BCUT2D eigenvalue weighted by Crippen LogP contribution is -2.60. The van der Waals surface area contributed by atoms with E-state index in [1.165, 1.54) is 0 Å². The van der Waals surface area contributed by atoms with Crippen LogP contribution in [0, 0.1) is 11.3 Å². The van der Waals surface area contributed by atoms with Gasteiger partial charge in [-0.1, -0.05) is 11.6 Å². The first-order valence-corrected chi connectivity index (χ1v) is 7.21. The Hall–Kier alpha value is -1.31. The molecule has 1 fully saturated rings. The Morgan fingerprint density at radius 3 is 2.45 bits per heavy atom. The monoisotopic (exact) mass is 292 g/mol. The Kier molecular flexibility index (Phi) is 3.95. The fourth-order valence-corrected chi connectivity index (χ4v) is 3.38. The highest BCUT2D eigenvalue weighted by Crippen LogP contribution is 2.30. The van der Waals surface area contributed by atoms with E-state index in [1.807, 2.05) is 12.1 Å². The molecule has 1 aromatic rings. The molecule has 2 heterocycles. The number of halogens is 1.